The van der Waals surface area contributed by atoms with Crippen LogP contribution in [0.2, 0.25) is 0 Å². The molecule has 25 heavy (non-hydrogen) atoms. The lowest BCUT2D eigenvalue weighted by atomic mass is 10.0. The summed E-state index contributed by atoms with van der Waals surface area (Å²) in [6.07, 6.45) is 0.616. The molecule has 2 rings (SSSR count). The van der Waals surface area contributed by atoms with Crippen LogP contribution in [0, 0.1) is 12.8 Å². The molecule has 1 unspecified atom stereocenters. The number of aryl methyl sites for hydroxylation is 1. The van der Waals surface area contributed by atoms with E-state index in [1.54, 1.807) is 29.4 Å². The van der Waals surface area contributed by atoms with Crippen LogP contribution >= 0.6 is 11.3 Å². The highest BCUT2D eigenvalue weighted by Gasteiger charge is 2.26. The number of carbonyl (C=O) groups is 2. The first-order chi connectivity index (χ1) is 11.9. The molecule has 0 aliphatic heterocycles. The van der Waals surface area contributed by atoms with E-state index in [-0.39, 0.29) is 11.8 Å². The fraction of sp³-hybridized carbons (Fsp3) is 0.400. The Hall–Kier alpha value is -2.14. The number of amides is 2. The monoisotopic (exact) mass is 358 g/mol. The van der Waals surface area contributed by atoms with E-state index in [0.717, 1.165) is 10.4 Å². The number of hydrogen-bond acceptors (Lipinski definition) is 3. The second-order valence-corrected chi connectivity index (χ2v) is 7.78. The first-order valence-electron chi connectivity index (χ1n) is 8.52. The largest absolute Gasteiger partial charge is 0.340 e. The summed E-state index contributed by atoms with van der Waals surface area (Å²) in [4.78, 5) is 28.3. The fourth-order valence-corrected chi connectivity index (χ4v) is 3.49. The molecule has 0 radical (unpaired) electrons. The summed E-state index contributed by atoms with van der Waals surface area (Å²) in [5, 5.41) is 4.94. The Balaban J connectivity index is 2.10. The summed E-state index contributed by atoms with van der Waals surface area (Å²) in [7, 11) is 1.79. The van der Waals surface area contributed by atoms with Crippen molar-refractivity contribution < 1.29 is 9.59 Å². The zero-order valence-electron chi connectivity index (χ0n) is 15.3. The van der Waals surface area contributed by atoms with Gasteiger partial charge in [-0.1, -0.05) is 38.1 Å². The smallest absolute Gasteiger partial charge is 0.252 e. The molecule has 1 aromatic heterocycles. The maximum atomic E-state index is 12.9. The van der Waals surface area contributed by atoms with Gasteiger partial charge in [-0.15, -0.1) is 11.3 Å². The van der Waals surface area contributed by atoms with Gasteiger partial charge in [-0.2, -0.15) is 0 Å². The van der Waals surface area contributed by atoms with E-state index >= 15 is 0 Å². The van der Waals surface area contributed by atoms with E-state index in [4.69, 9.17) is 0 Å². The van der Waals surface area contributed by atoms with Gasteiger partial charge in [-0.25, -0.2) is 0 Å². The van der Waals surface area contributed by atoms with Gasteiger partial charge >= 0.3 is 0 Å². The van der Waals surface area contributed by atoms with Crippen LogP contribution in [0.4, 0.5) is 0 Å². The van der Waals surface area contributed by atoms with Crippen molar-refractivity contribution in [2.45, 2.75) is 39.8 Å². The van der Waals surface area contributed by atoms with Crippen molar-refractivity contribution in [1.82, 2.24) is 10.2 Å². The standard InChI is InChI=1S/C20H26N2O2S/c1-14(2)12-18(20(24)22(4)13-16-9-7-11-25-16)21-19(23)17-10-6-5-8-15(17)3/h5-11,14,18H,12-13H2,1-4H3,(H,21,23). The third kappa shape index (κ3) is 5.43. The molecule has 134 valence electrons. The van der Waals surface area contributed by atoms with Crippen LogP contribution in [-0.2, 0) is 11.3 Å². The van der Waals surface area contributed by atoms with E-state index in [2.05, 4.69) is 19.2 Å². The Morgan fingerprint density at radius 1 is 1.16 bits per heavy atom. The van der Waals surface area contributed by atoms with E-state index in [1.807, 2.05) is 42.6 Å². The van der Waals surface area contributed by atoms with Crippen LogP contribution in [0.5, 0.6) is 0 Å². The summed E-state index contributed by atoms with van der Waals surface area (Å²) in [5.41, 5.74) is 1.52. The molecule has 5 heteroatoms. The molecule has 0 spiro atoms. The summed E-state index contributed by atoms with van der Waals surface area (Å²) in [5.74, 6) is 0.0620. The quantitative estimate of drug-likeness (QED) is 0.817. The van der Waals surface area contributed by atoms with Crippen molar-refractivity contribution in [3.05, 3.63) is 57.8 Å². The minimum atomic E-state index is -0.517. The average molecular weight is 359 g/mol. The molecule has 0 bridgehead atoms. The summed E-state index contributed by atoms with van der Waals surface area (Å²) in [6, 6.07) is 10.9. The van der Waals surface area contributed by atoms with E-state index in [0.29, 0.717) is 24.4 Å². The Bertz CT molecular complexity index is 710. The maximum absolute atomic E-state index is 12.9. The maximum Gasteiger partial charge on any atom is 0.252 e. The predicted molar refractivity (Wildman–Crippen MR) is 103 cm³/mol. The fourth-order valence-electron chi connectivity index (χ4n) is 2.74. The van der Waals surface area contributed by atoms with Crippen LogP contribution < -0.4 is 5.32 Å². The lowest BCUT2D eigenvalue weighted by Gasteiger charge is -2.25. The van der Waals surface area contributed by atoms with E-state index in [1.165, 1.54) is 0 Å². The van der Waals surface area contributed by atoms with E-state index in [9.17, 15) is 9.59 Å². The highest BCUT2D eigenvalue weighted by Crippen LogP contribution is 2.15. The average Bonchev–Trinajstić information content (AvgIpc) is 3.06. The van der Waals surface area contributed by atoms with Gasteiger partial charge in [-0.3, -0.25) is 9.59 Å². The highest BCUT2D eigenvalue weighted by molar-refractivity contribution is 7.09. The van der Waals surface area contributed by atoms with Gasteiger partial charge in [0.1, 0.15) is 6.04 Å². The molecule has 2 amide bonds. The first kappa shape index (κ1) is 19.2. The summed E-state index contributed by atoms with van der Waals surface area (Å²) < 4.78 is 0. The lowest BCUT2D eigenvalue weighted by molar-refractivity contribution is -0.132. The molecular formula is C20H26N2O2S. The second-order valence-electron chi connectivity index (χ2n) is 6.74. The minimum absolute atomic E-state index is 0.0518. The lowest BCUT2D eigenvalue weighted by Crippen LogP contribution is -2.47. The third-order valence-corrected chi connectivity index (χ3v) is 4.91. The molecule has 0 saturated carbocycles. The normalized spacial score (nSPS) is 12.0. The zero-order valence-corrected chi connectivity index (χ0v) is 16.1. The molecule has 1 N–H and O–H groups in total. The molecule has 4 nitrogen and oxygen atoms in total. The van der Waals surface area contributed by atoms with Gasteiger partial charge < -0.3 is 10.2 Å². The number of nitrogens with zero attached hydrogens (tertiary/aromatic N) is 1. The second kappa shape index (κ2) is 8.81. The summed E-state index contributed by atoms with van der Waals surface area (Å²) >= 11 is 1.63. The topological polar surface area (TPSA) is 49.4 Å². The van der Waals surface area contributed by atoms with Gasteiger partial charge in [0.25, 0.3) is 5.91 Å². The molecule has 2 aromatic rings. The minimum Gasteiger partial charge on any atom is -0.340 e. The molecule has 0 fully saturated rings. The van der Waals surface area contributed by atoms with Crippen molar-refractivity contribution in [3.63, 3.8) is 0 Å². The van der Waals surface area contributed by atoms with Crippen LogP contribution in [0.15, 0.2) is 41.8 Å². The molecule has 1 atom stereocenters. The Kier molecular flexibility index (Phi) is 6.76. The Morgan fingerprint density at radius 3 is 2.48 bits per heavy atom. The number of rotatable bonds is 7. The van der Waals surface area contributed by atoms with Crippen molar-refractivity contribution in [2.75, 3.05) is 7.05 Å². The van der Waals surface area contributed by atoms with E-state index < -0.39 is 6.04 Å². The van der Waals surface area contributed by atoms with Gasteiger partial charge in [0, 0.05) is 17.5 Å². The Morgan fingerprint density at radius 2 is 1.88 bits per heavy atom. The number of nitrogens with one attached hydrogen (secondary N) is 1. The molecule has 0 aliphatic carbocycles. The van der Waals surface area contributed by atoms with Crippen molar-refractivity contribution in [2.24, 2.45) is 5.92 Å². The summed E-state index contributed by atoms with van der Waals surface area (Å²) in [6.45, 7) is 6.57. The van der Waals surface area contributed by atoms with Crippen LogP contribution in [-0.4, -0.2) is 29.8 Å². The van der Waals surface area contributed by atoms with Crippen LogP contribution in [0.25, 0.3) is 0 Å². The molecule has 0 saturated heterocycles. The number of thiophene rings is 1. The molecular weight excluding hydrogens is 332 g/mol. The molecule has 1 heterocycles. The third-order valence-electron chi connectivity index (χ3n) is 4.05. The number of benzene rings is 1. The van der Waals surface area contributed by atoms with Gasteiger partial charge in [-0.05, 0) is 42.3 Å². The van der Waals surface area contributed by atoms with Gasteiger partial charge in [0.15, 0.2) is 0 Å². The zero-order chi connectivity index (χ0) is 18.4. The van der Waals surface area contributed by atoms with Crippen LogP contribution in [0.3, 0.4) is 0 Å². The Labute approximate surface area is 153 Å². The molecule has 0 aliphatic rings. The number of likely N-dealkylation sites (N-methyl/N-ethyl adjacent to an activating group) is 1. The predicted octanol–water partition coefficient (Wildman–Crippen LogP) is 3.86. The SMILES string of the molecule is Cc1ccccc1C(=O)NC(CC(C)C)C(=O)N(C)Cc1cccs1. The highest BCUT2D eigenvalue weighted by atomic mass is 32.1. The van der Waals surface area contributed by atoms with Crippen LogP contribution in [0.1, 0.15) is 41.1 Å². The van der Waals surface area contributed by atoms with Crippen molar-refractivity contribution in [3.8, 4) is 0 Å². The molecule has 1 aromatic carbocycles. The van der Waals surface area contributed by atoms with Gasteiger partial charge in [0.05, 0.1) is 6.54 Å². The van der Waals surface area contributed by atoms with Gasteiger partial charge in [0.2, 0.25) is 5.91 Å². The van der Waals surface area contributed by atoms with Crippen molar-refractivity contribution in [1.29, 1.82) is 0 Å². The number of hydrogen-bond donors (Lipinski definition) is 1. The van der Waals surface area contributed by atoms with Crippen molar-refractivity contribution >= 4 is 23.2 Å². The first-order valence-corrected chi connectivity index (χ1v) is 9.40. The number of carbonyl (C=O) groups excluding carboxylic acids is 2.